The van der Waals surface area contributed by atoms with Crippen molar-refractivity contribution in [2.24, 2.45) is 0 Å². The van der Waals surface area contributed by atoms with E-state index < -0.39 is 0 Å². The standard InChI is InChI=1S/C26H20ClN3O2S2/c27-20-9-7-19(8-10-20)23-16-34-26(29-23)30-25(32)17-33-22-13-11-21(12-14-22)28-24(31)15-6-18-4-2-1-3-5-18/h1-16H,17H2,(H,28,31)(H,29,30,32)/b15-6+. The number of halogens is 1. The smallest absolute Gasteiger partial charge is 0.248 e. The maximum atomic E-state index is 12.3. The fraction of sp³-hybridized carbons (Fsp3) is 0.0385. The summed E-state index contributed by atoms with van der Waals surface area (Å²) in [6.45, 7) is 0. The third-order valence-electron chi connectivity index (χ3n) is 4.61. The third-order valence-corrected chi connectivity index (χ3v) is 6.63. The maximum absolute atomic E-state index is 12.3. The molecule has 4 aromatic rings. The number of aromatic nitrogens is 1. The van der Waals surface area contributed by atoms with Gasteiger partial charge >= 0.3 is 0 Å². The van der Waals surface area contributed by atoms with Crippen molar-refractivity contribution < 1.29 is 9.59 Å². The maximum Gasteiger partial charge on any atom is 0.248 e. The molecule has 0 unspecified atom stereocenters. The average molecular weight is 506 g/mol. The Labute approximate surface area is 210 Å². The predicted octanol–water partition coefficient (Wildman–Crippen LogP) is 6.85. The predicted molar refractivity (Wildman–Crippen MR) is 142 cm³/mol. The molecule has 8 heteroatoms. The van der Waals surface area contributed by atoms with Crippen molar-refractivity contribution >= 4 is 63.4 Å². The first kappa shape index (κ1) is 23.8. The van der Waals surface area contributed by atoms with Gasteiger partial charge in [-0.25, -0.2) is 4.98 Å². The van der Waals surface area contributed by atoms with Crippen LogP contribution in [0.2, 0.25) is 5.02 Å². The summed E-state index contributed by atoms with van der Waals surface area (Å²) in [5.74, 6) is -0.0861. The Morgan fingerprint density at radius 3 is 2.41 bits per heavy atom. The van der Waals surface area contributed by atoms with E-state index in [-0.39, 0.29) is 17.6 Å². The lowest BCUT2D eigenvalue weighted by Crippen LogP contribution is -2.13. The zero-order valence-electron chi connectivity index (χ0n) is 17.9. The van der Waals surface area contributed by atoms with E-state index in [2.05, 4.69) is 15.6 Å². The van der Waals surface area contributed by atoms with Gasteiger partial charge in [-0.05, 0) is 48.0 Å². The van der Waals surface area contributed by atoms with Crippen LogP contribution in [0.5, 0.6) is 0 Å². The first-order valence-electron chi connectivity index (χ1n) is 10.3. The fourth-order valence-electron chi connectivity index (χ4n) is 2.94. The van der Waals surface area contributed by atoms with Crippen molar-refractivity contribution in [2.75, 3.05) is 16.4 Å². The van der Waals surface area contributed by atoms with E-state index in [9.17, 15) is 9.59 Å². The fourth-order valence-corrected chi connectivity index (χ4v) is 4.50. The number of carbonyl (C=O) groups excluding carboxylic acids is 2. The number of thiazole rings is 1. The SMILES string of the molecule is O=C(/C=C/c1ccccc1)Nc1ccc(SCC(=O)Nc2nc(-c3ccc(Cl)cc3)cs2)cc1. The van der Waals surface area contributed by atoms with Gasteiger partial charge in [-0.1, -0.05) is 54.1 Å². The van der Waals surface area contributed by atoms with Crippen molar-refractivity contribution in [3.63, 3.8) is 0 Å². The van der Waals surface area contributed by atoms with E-state index in [0.29, 0.717) is 15.8 Å². The molecule has 0 spiro atoms. The van der Waals surface area contributed by atoms with Gasteiger partial charge in [-0.3, -0.25) is 9.59 Å². The van der Waals surface area contributed by atoms with Gasteiger partial charge in [0.15, 0.2) is 5.13 Å². The minimum absolute atomic E-state index is 0.134. The van der Waals surface area contributed by atoms with Crippen LogP contribution < -0.4 is 10.6 Å². The van der Waals surface area contributed by atoms with E-state index in [1.165, 1.54) is 29.2 Å². The van der Waals surface area contributed by atoms with E-state index >= 15 is 0 Å². The highest BCUT2D eigenvalue weighted by Gasteiger charge is 2.09. The summed E-state index contributed by atoms with van der Waals surface area (Å²) in [6.07, 6.45) is 3.26. The van der Waals surface area contributed by atoms with Gasteiger partial charge in [0.2, 0.25) is 11.8 Å². The number of thioether (sulfide) groups is 1. The van der Waals surface area contributed by atoms with Crippen LogP contribution in [-0.2, 0) is 9.59 Å². The van der Waals surface area contributed by atoms with Crippen molar-refractivity contribution in [1.29, 1.82) is 0 Å². The van der Waals surface area contributed by atoms with Crippen molar-refractivity contribution in [1.82, 2.24) is 4.98 Å². The lowest BCUT2D eigenvalue weighted by molar-refractivity contribution is -0.114. The lowest BCUT2D eigenvalue weighted by atomic mass is 10.2. The molecule has 0 saturated carbocycles. The minimum atomic E-state index is -0.204. The van der Waals surface area contributed by atoms with Crippen molar-refractivity contribution in [3.05, 3.63) is 101 Å². The van der Waals surface area contributed by atoms with Gasteiger partial charge in [-0.15, -0.1) is 23.1 Å². The first-order chi connectivity index (χ1) is 16.5. The quantitative estimate of drug-likeness (QED) is 0.203. The molecule has 4 rings (SSSR count). The summed E-state index contributed by atoms with van der Waals surface area (Å²) < 4.78 is 0. The molecular weight excluding hydrogens is 486 g/mol. The molecule has 0 saturated heterocycles. The van der Waals surface area contributed by atoms with Gasteiger partial charge in [0.1, 0.15) is 0 Å². The number of anilines is 2. The van der Waals surface area contributed by atoms with Crippen LogP contribution in [0.1, 0.15) is 5.56 Å². The molecule has 3 aromatic carbocycles. The van der Waals surface area contributed by atoms with Gasteiger partial charge in [0, 0.05) is 32.6 Å². The van der Waals surface area contributed by atoms with Crippen LogP contribution >= 0.6 is 34.7 Å². The Morgan fingerprint density at radius 2 is 1.68 bits per heavy atom. The molecule has 1 aromatic heterocycles. The molecule has 34 heavy (non-hydrogen) atoms. The van der Waals surface area contributed by atoms with E-state index in [4.69, 9.17) is 11.6 Å². The number of amides is 2. The van der Waals surface area contributed by atoms with E-state index in [1.54, 1.807) is 6.08 Å². The van der Waals surface area contributed by atoms with Gasteiger partial charge < -0.3 is 10.6 Å². The highest BCUT2D eigenvalue weighted by molar-refractivity contribution is 8.00. The number of nitrogens with one attached hydrogen (secondary N) is 2. The molecule has 0 bridgehead atoms. The molecule has 0 fully saturated rings. The summed E-state index contributed by atoms with van der Waals surface area (Å²) in [6, 6.07) is 24.4. The number of hydrogen-bond acceptors (Lipinski definition) is 5. The molecule has 5 nitrogen and oxygen atoms in total. The molecule has 2 amide bonds. The molecule has 170 valence electrons. The van der Waals surface area contributed by atoms with Crippen molar-refractivity contribution in [2.45, 2.75) is 4.90 Å². The Hall–Kier alpha value is -3.39. The summed E-state index contributed by atoms with van der Waals surface area (Å²) in [5.41, 5.74) is 3.38. The summed E-state index contributed by atoms with van der Waals surface area (Å²) in [4.78, 5) is 29.8. The Balaban J connectivity index is 1.24. The van der Waals surface area contributed by atoms with Crippen LogP contribution in [-0.4, -0.2) is 22.6 Å². The second-order valence-corrected chi connectivity index (χ2v) is 9.48. The van der Waals surface area contributed by atoms with Crippen LogP contribution in [0.25, 0.3) is 17.3 Å². The molecule has 0 aliphatic rings. The molecular formula is C26H20ClN3O2S2. The van der Waals surface area contributed by atoms with Gasteiger partial charge in [0.25, 0.3) is 0 Å². The zero-order valence-corrected chi connectivity index (χ0v) is 20.3. The Morgan fingerprint density at radius 1 is 0.941 bits per heavy atom. The third kappa shape index (κ3) is 7.05. The number of hydrogen-bond donors (Lipinski definition) is 2. The Bertz CT molecular complexity index is 1290. The number of benzene rings is 3. The van der Waals surface area contributed by atoms with E-state index in [1.807, 2.05) is 84.2 Å². The first-order valence-corrected chi connectivity index (χ1v) is 12.6. The summed E-state index contributed by atoms with van der Waals surface area (Å²) in [7, 11) is 0. The van der Waals surface area contributed by atoms with Crippen LogP contribution in [0.15, 0.2) is 95.2 Å². The molecule has 0 radical (unpaired) electrons. The highest BCUT2D eigenvalue weighted by atomic mass is 35.5. The average Bonchev–Trinajstić information content (AvgIpc) is 3.32. The van der Waals surface area contributed by atoms with Crippen molar-refractivity contribution in [3.8, 4) is 11.3 Å². The Kier molecular flexibility index (Phi) is 8.14. The monoisotopic (exact) mass is 505 g/mol. The number of rotatable bonds is 8. The second-order valence-electron chi connectivity index (χ2n) is 7.14. The summed E-state index contributed by atoms with van der Waals surface area (Å²) in [5, 5.41) is 8.78. The highest BCUT2D eigenvalue weighted by Crippen LogP contribution is 2.26. The molecule has 0 atom stereocenters. The molecule has 0 aliphatic carbocycles. The molecule has 2 N–H and O–H groups in total. The number of carbonyl (C=O) groups is 2. The minimum Gasteiger partial charge on any atom is -0.323 e. The van der Waals surface area contributed by atoms with Gasteiger partial charge in [0.05, 0.1) is 11.4 Å². The summed E-state index contributed by atoms with van der Waals surface area (Å²) >= 11 is 8.71. The lowest BCUT2D eigenvalue weighted by Gasteiger charge is -2.05. The van der Waals surface area contributed by atoms with Gasteiger partial charge in [-0.2, -0.15) is 0 Å². The largest absolute Gasteiger partial charge is 0.323 e. The van der Waals surface area contributed by atoms with Crippen LogP contribution in [0.4, 0.5) is 10.8 Å². The molecule has 0 aliphatic heterocycles. The second kappa shape index (κ2) is 11.7. The molecule has 1 heterocycles. The van der Waals surface area contributed by atoms with E-state index in [0.717, 1.165) is 21.7 Å². The number of nitrogens with zero attached hydrogens (tertiary/aromatic N) is 1. The van der Waals surface area contributed by atoms with Crippen LogP contribution in [0, 0.1) is 0 Å². The zero-order chi connectivity index (χ0) is 23.8. The topological polar surface area (TPSA) is 71.1 Å². The normalized spacial score (nSPS) is 10.9. The van der Waals surface area contributed by atoms with Crippen LogP contribution in [0.3, 0.4) is 0 Å².